The molecule has 0 saturated carbocycles. The molecule has 40 heteroatoms. The van der Waals surface area contributed by atoms with Crippen molar-refractivity contribution in [3.8, 4) is 34.1 Å². The Bertz CT molecular complexity index is 4710. The molecule has 686 valence electrons. The number of hydrogen-bond donors (Lipinski definition) is 0. The molecule has 2 aromatic heterocycles. The summed E-state index contributed by atoms with van der Waals surface area (Å²) in [6.45, 7) is 7.23. The minimum atomic E-state index is -10.7. The molecule has 126 heavy (non-hydrogen) atoms. The molecule has 0 fully saturated rings. The summed E-state index contributed by atoms with van der Waals surface area (Å²) in [5, 5.41) is 8.45. The maximum Gasteiger partial charge on any atom is 0.173 e. The standard InChI is InChI=1S/C62H54N2P2.C24H32O8.4F6P/c1-7-19-57(20-8-1)65(58-21-9-2-10-22-58,59-23-11-3-12-24-59)49-53-35-31-51(32-36-53)47-63-43-39-55(40-44-63)56-41-45-64(46-42-56)48-52-33-37-54(38-34-52)50-66(60-25-13-4-14-26-60,61-27-15-5-16-28-61)62-29-17-6-18-30-62;1-2-7-24-23(6-1)31-18-14-27-10-8-25-12-16-29-21-4-3-5-22(20-21)30-17-13-26-9-11-28-15-19-32-24;4*1-7(2,3,4,5)6/h1-46H,47-50H2;1-7,20H,8-19H2;;;;/q+4;;4*-1. The maximum absolute atomic E-state index is 10.7. The number of pyridine rings is 2. The van der Waals surface area contributed by atoms with E-state index in [4.69, 9.17) is 37.9 Å². The fourth-order valence-electron chi connectivity index (χ4n) is 12.4. The Morgan fingerprint density at radius 1 is 0.214 bits per heavy atom. The van der Waals surface area contributed by atoms with Gasteiger partial charge in [0.1, 0.15) is 84.3 Å². The van der Waals surface area contributed by atoms with Gasteiger partial charge < -0.3 is 37.9 Å². The van der Waals surface area contributed by atoms with E-state index in [1.807, 2.05) is 48.5 Å². The summed E-state index contributed by atoms with van der Waals surface area (Å²) in [6.07, 6.45) is 10.7. The largest absolute Gasteiger partial charge is 0.491 e. The maximum atomic E-state index is 9.87. The van der Waals surface area contributed by atoms with Crippen LogP contribution >= 0.6 is 45.8 Å². The van der Waals surface area contributed by atoms with Crippen LogP contribution in [0.15, 0.2) is 328 Å². The number of rotatable bonds is 15. The molecule has 0 radical (unpaired) electrons. The molecule has 0 N–H and O–H groups in total. The van der Waals surface area contributed by atoms with Crippen LogP contribution < -0.4 is 59.9 Å². The first-order valence-corrected chi connectivity index (χ1v) is 49.9. The molecule has 10 nitrogen and oxygen atoms in total. The van der Waals surface area contributed by atoms with Crippen LogP contribution in [-0.2, 0) is 44.4 Å². The summed E-state index contributed by atoms with van der Waals surface area (Å²) in [5.41, 5.74) is 7.72. The van der Waals surface area contributed by atoms with Crippen molar-refractivity contribution in [2.45, 2.75) is 25.4 Å². The molecular weight excluding hydrogens is 1830 g/mol. The van der Waals surface area contributed by atoms with E-state index in [0.717, 1.165) is 36.9 Å². The molecule has 0 atom stereocenters. The van der Waals surface area contributed by atoms with E-state index in [9.17, 15) is 101 Å². The Morgan fingerprint density at radius 3 is 0.643 bits per heavy atom. The van der Waals surface area contributed by atoms with Crippen LogP contribution in [0, 0.1) is 0 Å². The number of nitrogens with zero attached hydrogens (tertiary/aromatic N) is 2. The van der Waals surface area contributed by atoms with E-state index in [0.29, 0.717) is 90.8 Å². The number of aromatic nitrogens is 2. The summed E-state index contributed by atoms with van der Waals surface area (Å²) < 4.78 is 286. The zero-order chi connectivity index (χ0) is 92.2. The van der Waals surface area contributed by atoms with Gasteiger partial charge in [-0.1, -0.05) is 176 Å². The van der Waals surface area contributed by atoms with Gasteiger partial charge in [0.25, 0.3) is 0 Å². The van der Waals surface area contributed by atoms with Crippen LogP contribution in [0.3, 0.4) is 0 Å². The van der Waals surface area contributed by atoms with Gasteiger partial charge in [-0.15, -0.1) is 0 Å². The van der Waals surface area contributed by atoms with Crippen LogP contribution in [0.2, 0.25) is 0 Å². The Hall–Kier alpha value is -9.56. The number of benzene rings is 10. The normalized spacial score (nSPS) is 15.8. The molecular formula is C86H86F24N2O8P6. The van der Waals surface area contributed by atoms with Gasteiger partial charge in [-0.05, 0) is 119 Å². The van der Waals surface area contributed by atoms with Crippen molar-refractivity contribution in [2.75, 3.05) is 79.3 Å². The van der Waals surface area contributed by atoms with Crippen LogP contribution in [0.25, 0.3) is 11.1 Å². The van der Waals surface area contributed by atoms with Crippen molar-refractivity contribution < 1.29 is 148 Å². The molecule has 0 amide bonds. The fraction of sp³-hybridized carbons (Fsp3) is 0.186. The van der Waals surface area contributed by atoms with Crippen LogP contribution in [0.1, 0.15) is 22.3 Å². The van der Waals surface area contributed by atoms with E-state index < -0.39 is 45.8 Å². The zero-order valence-corrected chi connectivity index (χ0v) is 71.8. The molecule has 0 aliphatic carbocycles. The van der Waals surface area contributed by atoms with Gasteiger partial charge >= 0.3 is 132 Å². The number of halogens is 24. The second-order valence-electron chi connectivity index (χ2n) is 27.7. The SMILES string of the molecule is F[P-](F)(F)(F)(F)F.F[P-](F)(F)(F)(F)F.F[P-](F)(F)(F)(F)F.F[P-](F)(F)(F)(F)F.c1cc2cc(c1)OCCOCCOCCOc1ccccc1OCCOCCOCCO2.c1ccc([P+](Cc2ccc(C[n+]3ccc(-c4cc[n+](Cc5ccc(C[P+](c6ccccc6)(c6ccccc6)c6ccccc6)cc5)cc4)cc3)cc2)(c2ccccc2)c2ccccc2)cc1. The predicted molar refractivity (Wildman–Crippen MR) is 453 cm³/mol. The summed E-state index contributed by atoms with van der Waals surface area (Å²) in [5.74, 6) is 2.84. The first kappa shape index (κ1) is 102. The van der Waals surface area contributed by atoms with Gasteiger partial charge in [0.15, 0.2) is 49.4 Å². The second-order valence-corrected chi connectivity index (χ2v) is 42.3. The van der Waals surface area contributed by atoms with Gasteiger partial charge in [-0.25, -0.2) is 9.13 Å². The molecule has 10 aromatic carbocycles. The Kier molecular flexibility index (Phi) is 32.3. The fourth-order valence-corrected chi connectivity index (χ4v) is 20.8. The number of fused-ring (bicyclic) bond motifs is 3. The average molecular weight is 1920 g/mol. The van der Waals surface area contributed by atoms with Crippen LogP contribution in [-0.4, -0.2) is 79.3 Å². The summed E-state index contributed by atoms with van der Waals surface area (Å²) in [7, 11) is -46.5. The predicted octanol–water partition coefficient (Wildman–Crippen LogP) is 27.5. The molecule has 12 aromatic rings. The van der Waals surface area contributed by atoms with Gasteiger partial charge in [-0.3, -0.25) is 0 Å². The van der Waals surface area contributed by atoms with Crippen molar-refractivity contribution in [3.63, 3.8) is 0 Å². The van der Waals surface area contributed by atoms with Crippen LogP contribution in [0.4, 0.5) is 101 Å². The van der Waals surface area contributed by atoms with Gasteiger partial charge in [0, 0.05) is 41.5 Å². The topological polar surface area (TPSA) is 81.6 Å². The third-order valence-electron chi connectivity index (χ3n) is 17.3. The van der Waals surface area contributed by atoms with Crippen molar-refractivity contribution in [1.29, 1.82) is 0 Å². The van der Waals surface area contributed by atoms with E-state index in [1.54, 1.807) is 0 Å². The second kappa shape index (κ2) is 40.0. The van der Waals surface area contributed by atoms with Crippen LogP contribution in [0.5, 0.6) is 23.0 Å². The average Bonchev–Trinajstić information content (AvgIpc) is 0.751. The quantitative estimate of drug-likeness (QED) is 0.0570. The first-order chi connectivity index (χ1) is 58.4. The monoisotopic (exact) mass is 1920 g/mol. The van der Waals surface area contributed by atoms with Crippen molar-refractivity contribution in [3.05, 3.63) is 350 Å². The Balaban J connectivity index is 0.000000268. The molecule has 3 heterocycles. The number of para-hydroxylation sites is 2. The minimum absolute atomic E-state index is 0.426. The van der Waals surface area contributed by atoms with Crippen molar-refractivity contribution in [2.24, 2.45) is 0 Å². The molecule has 2 bridgehead atoms. The van der Waals surface area contributed by atoms with E-state index in [2.05, 4.69) is 289 Å². The van der Waals surface area contributed by atoms with Gasteiger partial charge in [0.2, 0.25) is 0 Å². The summed E-state index contributed by atoms with van der Waals surface area (Å²) in [6, 6.07) is 110. The molecule has 0 unspecified atom stereocenters. The molecule has 13 rings (SSSR count). The van der Waals surface area contributed by atoms with E-state index in [-0.39, 0.29) is 0 Å². The summed E-state index contributed by atoms with van der Waals surface area (Å²) in [4.78, 5) is 0. The first-order valence-electron chi connectivity index (χ1n) is 37.9. The van der Waals surface area contributed by atoms with Crippen molar-refractivity contribution >= 4 is 77.6 Å². The van der Waals surface area contributed by atoms with E-state index in [1.165, 1.54) is 65.2 Å². The molecule has 1 aliphatic heterocycles. The zero-order valence-electron chi connectivity index (χ0n) is 66.4. The summed E-state index contributed by atoms with van der Waals surface area (Å²) >= 11 is 0. The van der Waals surface area contributed by atoms with Gasteiger partial charge in [0.05, 0.1) is 65.2 Å². The molecule has 0 spiro atoms. The third kappa shape index (κ3) is 43.8. The number of ether oxygens (including phenoxy) is 8. The van der Waals surface area contributed by atoms with Gasteiger partial charge in [-0.2, -0.15) is 0 Å². The Labute approximate surface area is 711 Å². The van der Waals surface area contributed by atoms with E-state index >= 15 is 0 Å². The number of hydrogen-bond acceptors (Lipinski definition) is 8. The molecule has 0 saturated heterocycles. The van der Waals surface area contributed by atoms with Crippen molar-refractivity contribution in [1.82, 2.24) is 0 Å². The molecule has 1 aliphatic rings. The third-order valence-corrected chi connectivity index (χ3v) is 26.0. The minimum Gasteiger partial charge on any atom is -0.491 e. The Morgan fingerprint density at radius 2 is 0.413 bits per heavy atom. The smallest absolute Gasteiger partial charge is 0.173 e.